The van der Waals surface area contributed by atoms with Crippen LogP contribution in [0.2, 0.25) is 6.32 Å². The highest BCUT2D eigenvalue weighted by Crippen LogP contribution is 2.39. The molecule has 2 aliphatic heterocycles. The molecule has 0 unspecified atom stereocenters. The van der Waals surface area contributed by atoms with E-state index in [4.69, 9.17) is 15.9 Å². The second-order valence-corrected chi connectivity index (χ2v) is 11.3. The van der Waals surface area contributed by atoms with Crippen LogP contribution in [0.5, 0.6) is 0 Å². The van der Waals surface area contributed by atoms with Crippen LogP contribution in [0.15, 0.2) is 30.3 Å². The number of unbranched alkanes of at least 4 members (excludes halogenated alkanes) is 1. The molecule has 6 nitrogen and oxygen atoms in total. The van der Waals surface area contributed by atoms with Crippen molar-refractivity contribution in [2.45, 2.75) is 89.5 Å². The van der Waals surface area contributed by atoms with E-state index in [9.17, 15) is 4.21 Å². The number of rotatable bonds is 10. The standard InChI is InChI=1S/C25H39BN3O3S/c1-23(2)24(3,4)32-26(31-23)17-11-10-16-25(27-5,28-33(6)30)22-14-18-29(19-15-22)20-21-12-8-7-9-13-21/h7-9,12-13,22H,6,10-11,14-20H2,1-4H3,(H,28,30)/q-1/t25-/m0/s1. The minimum Gasteiger partial charge on any atom is -0.448 e. The minimum absolute atomic E-state index is 0.157. The van der Waals surface area contributed by atoms with E-state index in [1.165, 1.54) is 5.56 Å². The van der Waals surface area contributed by atoms with Crippen molar-refractivity contribution in [1.82, 2.24) is 9.62 Å². The predicted molar refractivity (Wildman–Crippen MR) is 137 cm³/mol. The van der Waals surface area contributed by atoms with Gasteiger partial charge in [0.2, 0.25) is 0 Å². The van der Waals surface area contributed by atoms with E-state index in [2.05, 4.69) is 72.3 Å². The van der Waals surface area contributed by atoms with E-state index >= 15 is 0 Å². The van der Waals surface area contributed by atoms with Crippen molar-refractivity contribution < 1.29 is 13.5 Å². The van der Waals surface area contributed by atoms with Gasteiger partial charge in [0.1, 0.15) is 0 Å². The fourth-order valence-electron chi connectivity index (χ4n) is 4.90. The highest BCUT2D eigenvalue weighted by atomic mass is 32.2. The Hall–Kier alpha value is -1.37. The zero-order valence-corrected chi connectivity index (χ0v) is 21.5. The Kier molecular flexibility index (Phi) is 8.68. The first-order chi connectivity index (χ1) is 15.6. The van der Waals surface area contributed by atoms with Gasteiger partial charge in [0.25, 0.3) is 5.66 Å². The molecule has 0 saturated carbocycles. The SMILES string of the molecule is [C-]#[N+][C@@](CCCCB1OC(C)(C)C(C)(C)O1)(N[S-](=C)=O)C1CCN(Cc2ccccc2)CC1. The third-order valence-electron chi connectivity index (χ3n) is 7.55. The average molecular weight is 472 g/mol. The Morgan fingerprint density at radius 1 is 1.18 bits per heavy atom. The summed E-state index contributed by atoms with van der Waals surface area (Å²) in [5, 5.41) is 0. The number of piperidine rings is 1. The molecule has 1 N–H and O–H groups in total. The Morgan fingerprint density at radius 2 is 1.79 bits per heavy atom. The van der Waals surface area contributed by atoms with Gasteiger partial charge < -0.3 is 18.2 Å². The zero-order chi connectivity index (χ0) is 24.1. The van der Waals surface area contributed by atoms with Gasteiger partial charge in [0.05, 0.1) is 17.1 Å². The first-order valence-electron chi connectivity index (χ1n) is 12.1. The molecule has 1 atom stereocenters. The molecule has 1 aromatic carbocycles. The molecule has 0 aliphatic carbocycles. The Labute approximate surface area is 202 Å². The van der Waals surface area contributed by atoms with Gasteiger partial charge in [-0.3, -0.25) is 9.74 Å². The van der Waals surface area contributed by atoms with Crippen LogP contribution in [-0.2, 0) is 30.6 Å². The smallest absolute Gasteiger partial charge is 0.448 e. The molecule has 1 aromatic rings. The number of hydrogen-bond donors (Lipinski definition) is 1. The topological polar surface area (TPSA) is 55.2 Å². The molecule has 0 spiro atoms. The van der Waals surface area contributed by atoms with E-state index in [1.807, 2.05) is 6.07 Å². The van der Waals surface area contributed by atoms with Crippen LogP contribution in [0.1, 0.15) is 65.4 Å². The van der Waals surface area contributed by atoms with E-state index in [1.54, 1.807) is 0 Å². The minimum atomic E-state index is -1.48. The highest BCUT2D eigenvalue weighted by Gasteiger charge is 2.50. The number of nitrogens with zero attached hydrogens (tertiary/aromatic N) is 2. The third-order valence-corrected chi connectivity index (χ3v) is 8.13. The van der Waals surface area contributed by atoms with Crippen molar-refractivity contribution in [2.75, 3.05) is 13.1 Å². The first-order valence-corrected chi connectivity index (χ1v) is 13.4. The molecule has 2 aliphatic rings. The van der Waals surface area contributed by atoms with Gasteiger partial charge >= 0.3 is 7.12 Å². The van der Waals surface area contributed by atoms with Crippen LogP contribution >= 0.6 is 0 Å². The first kappa shape index (κ1) is 26.2. The van der Waals surface area contributed by atoms with Crippen molar-refractivity contribution in [1.29, 1.82) is 0 Å². The van der Waals surface area contributed by atoms with Crippen molar-refractivity contribution in [2.24, 2.45) is 5.92 Å². The van der Waals surface area contributed by atoms with Gasteiger partial charge in [-0.05, 0) is 71.9 Å². The molecule has 2 saturated heterocycles. The maximum Gasteiger partial charge on any atom is 0.457 e. The van der Waals surface area contributed by atoms with Gasteiger partial charge in [0.15, 0.2) is 0 Å². The lowest BCUT2D eigenvalue weighted by molar-refractivity contribution is 0.00578. The van der Waals surface area contributed by atoms with Gasteiger partial charge in [-0.2, -0.15) is 5.87 Å². The van der Waals surface area contributed by atoms with Crippen LogP contribution in [0, 0.1) is 12.5 Å². The molecule has 2 heterocycles. The predicted octanol–water partition coefficient (Wildman–Crippen LogP) is 4.68. The summed E-state index contributed by atoms with van der Waals surface area (Å²) in [6, 6.07) is 10.5. The fourth-order valence-corrected chi connectivity index (χ4v) is 5.61. The summed E-state index contributed by atoms with van der Waals surface area (Å²) in [4.78, 5) is 6.48. The Bertz CT molecular complexity index is 868. The lowest BCUT2D eigenvalue weighted by atomic mass is 9.78. The zero-order valence-electron chi connectivity index (χ0n) is 20.6. The monoisotopic (exact) mass is 472 g/mol. The van der Waals surface area contributed by atoms with Crippen LogP contribution in [-0.4, -0.2) is 47.8 Å². The van der Waals surface area contributed by atoms with E-state index in [-0.39, 0.29) is 24.2 Å². The molecule has 2 fully saturated rings. The quantitative estimate of drug-likeness (QED) is 0.177. The molecule has 0 radical (unpaired) electrons. The second-order valence-electron chi connectivity index (χ2n) is 10.5. The summed E-state index contributed by atoms with van der Waals surface area (Å²) >= 11 is 0. The molecule has 182 valence electrons. The molecule has 0 aromatic heterocycles. The molecule has 3 rings (SSSR count). The Balaban J connectivity index is 1.54. The van der Waals surface area contributed by atoms with E-state index in [0.717, 1.165) is 51.6 Å². The number of likely N-dealkylation sites (tertiary alicyclic amines) is 1. The maximum absolute atomic E-state index is 12.0. The van der Waals surface area contributed by atoms with Gasteiger partial charge in [-0.15, -0.1) is 0 Å². The number of nitrogens with one attached hydrogen (secondary N) is 1. The molecule has 0 bridgehead atoms. The number of benzene rings is 1. The average Bonchev–Trinajstić information content (AvgIpc) is 2.97. The van der Waals surface area contributed by atoms with Crippen LogP contribution in [0.4, 0.5) is 0 Å². The summed E-state index contributed by atoms with van der Waals surface area (Å²) in [5.41, 5.74) is -0.163. The molecule has 0 amide bonds. The van der Waals surface area contributed by atoms with Crippen LogP contribution < -0.4 is 4.72 Å². The highest BCUT2D eigenvalue weighted by molar-refractivity contribution is 7.80. The van der Waals surface area contributed by atoms with Gasteiger partial charge in [-0.1, -0.05) is 36.8 Å². The summed E-state index contributed by atoms with van der Waals surface area (Å²) in [7, 11) is -1.70. The van der Waals surface area contributed by atoms with Crippen molar-refractivity contribution in [3.05, 3.63) is 47.3 Å². The summed E-state index contributed by atoms with van der Waals surface area (Å²) < 4.78 is 27.3. The normalized spacial score (nSPS) is 22.8. The second kappa shape index (κ2) is 10.9. The van der Waals surface area contributed by atoms with Crippen LogP contribution in [0.3, 0.4) is 0 Å². The number of hydrogen-bond acceptors (Lipinski definition) is 5. The summed E-state index contributed by atoms with van der Waals surface area (Å²) in [6.07, 6.45) is 5.02. The lowest BCUT2D eigenvalue weighted by Crippen LogP contribution is -2.51. The summed E-state index contributed by atoms with van der Waals surface area (Å²) in [5.74, 6) is 3.78. The fraction of sp³-hybridized carbons (Fsp3) is 0.680. The molecular formula is C25H39BN3O3S-. The van der Waals surface area contributed by atoms with Crippen molar-refractivity contribution in [3.8, 4) is 0 Å². The Morgan fingerprint density at radius 3 is 2.33 bits per heavy atom. The summed E-state index contributed by atoms with van der Waals surface area (Å²) in [6.45, 7) is 19.1. The lowest BCUT2D eigenvalue weighted by Gasteiger charge is -2.39. The van der Waals surface area contributed by atoms with Gasteiger partial charge in [-0.25, -0.2) is 17.1 Å². The van der Waals surface area contributed by atoms with Crippen molar-refractivity contribution in [3.63, 3.8) is 0 Å². The van der Waals surface area contributed by atoms with Crippen LogP contribution in [0.25, 0.3) is 4.85 Å². The maximum atomic E-state index is 12.0. The third kappa shape index (κ3) is 6.61. The van der Waals surface area contributed by atoms with E-state index < -0.39 is 16.2 Å². The van der Waals surface area contributed by atoms with Gasteiger partial charge in [0, 0.05) is 13.0 Å². The van der Waals surface area contributed by atoms with Crippen molar-refractivity contribution >= 4 is 23.6 Å². The van der Waals surface area contributed by atoms with E-state index in [0.29, 0.717) is 6.42 Å². The largest absolute Gasteiger partial charge is 0.457 e. The molecule has 8 heteroatoms. The molecule has 33 heavy (non-hydrogen) atoms. The molecular weight excluding hydrogens is 433 g/mol.